The van der Waals surface area contributed by atoms with Gasteiger partial charge in [0.1, 0.15) is 23.2 Å². The van der Waals surface area contributed by atoms with Crippen molar-refractivity contribution in [2.75, 3.05) is 0 Å². The van der Waals surface area contributed by atoms with Gasteiger partial charge in [-0.25, -0.2) is 14.8 Å². The fourth-order valence-electron chi connectivity index (χ4n) is 1.69. The highest BCUT2D eigenvalue weighted by atomic mass is 35.5. The van der Waals surface area contributed by atoms with Gasteiger partial charge in [0.15, 0.2) is 0 Å². The van der Waals surface area contributed by atoms with Gasteiger partial charge in [0.25, 0.3) is 0 Å². The number of hydrogen-bond acceptors (Lipinski definition) is 5. The van der Waals surface area contributed by atoms with Gasteiger partial charge < -0.3 is 9.84 Å². The van der Waals surface area contributed by atoms with Gasteiger partial charge >= 0.3 is 6.09 Å². The molecule has 2 aromatic rings. The van der Waals surface area contributed by atoms with Crippen LogP contribution in [0.1, 0.15) is 38.0 Å². The minimum absolute atomic E-state index is 0.169. The Labute approximate surface area is 127 Å². The Morgan fingerprint density at radius 3 is 2.81 bits per heavy atom. The van der Waals surface area contributed by atoms with E-state index < -0.39 is 17.8 Å². The highest BCUT2D eigenvalue weighted by Crippen LogP contribution is 2.26. The Morgan fingerprint density at radius 2 is 2.19 bits per heavy atom. The molecule has 7 heteroatoms. The standard InChI is InChI=1S/C14H16ClN3O3/c1-14(2,3)21-13(20)18-5-4-9(7-18)11(19)10-6-16-8-17-12(10)15/h4-8,11,19H,1-3H3. The number of hydrogen-bond donors (Lipinski definition) is 1. The molecule has 0 fully saturated rings. The van der Waals surface area contributed by atoms with Crippen LogP contribution in [0.2, 0.25) is 5.15 Å². The monoisotopic (exact) mass is 309 g/mol. The molecule has 1 N–H and O–H groups in total. The van der Waals surface area contributed by atoms with E-state index in [1.165, 1.54) is 29.5 Å². The highest BCUT2D eigenvalue weighted by molar-refractivity contribution is 6.30. The van der Waals surface area contributed by atoms with Crippen LogP contribution in [-0.2, 0) is 4.74 Å². The maximum absolute atomic E-state index is 11.9. The van der Waals surface area contributed by atoms with Crippen molar-refractivity contribution in [3.8, 4) is 0 Å². The lowest BCUT2D eigenvalue weighted by molar-refractivity contribution is 0.0537. The molecule has 0 saturated heterocycles. The first-order valence-corrected chi connectivity index (χ1v) is 6.70. The first-order valence-electron chi connectivity index (χ1n) is 6.32. The maximum atomic E-state index is 11.9. The third-order valence-electron chi connectivity index (χ3n) is 2.62. The Kier molecular flexibility index (Phi) is 4.29. The SMILES string of the molecule is CC(C)(C)OC(=O)n1ccc(C(O)c2cncnc2Cl)c1. The summed E-state index contributed by atoms with van der Waals surface area (Å²) in [6, 6.07) is 1.61. The van der Waals surface area contributed by atoms with Crippen molar-refractivity contribution >= 4 is 17.7 Å². The molecule has 2 heterocycles. The van der Waals surface area contributed by atoms with E-state index in [4.69, 9.17) is 16.3 Å². The van der Waals surface area contributed by atoms with E-state index in [9.17, 15) is 9.90 Å². The molecule has 2 rings (SSSR count). The zero-order valence-corrected chi connectivity index (χ0v) is 12.7. The molecule has 0 saturated carbocycles. The van der Waals surface area contributed by atoms with Gasteiger partial charge in [0.05, 0.1) is 0 Å². The van der Waals surface area contributed by atoms with Crippen LogP contribution in [0.15, 0.2) is 31.0 Å². The molecule has 0 aliphatic rings. The van der Waals surface area contributed by atoms with Gasteiger partial charge in [-0.15, -0.1) is 0 Å². The maximum Gasteiger partial charge on any atom is 0.418 e. The quantitative estimate of drug-likeness (QED) is 0.863. The normalized spacial score (nSPS) is 13.0. The first kappa shape index (κ1) is 15.5. The van der Waals surface area contributed by atoms with Gasteiger partial charge in [0.2, 0.25) is 0 Å². The Morgan fingerprint density at radius 1 is 1.48 bits per heavy atom. The van der Waals surface area contributed by atoms with Gasteiger partial charge in [-0.3, -0.25) is 4.57 Å². The number of ether oxygens (including phenoxy) is 1. The lowest BCUT2D eigenvalue weighted by Gasteiger charge is -2.19. The molecule has 0 aliphatic heterocycles. The molecular formula is C14H16ClN3O3. The van der Waals surface area contributed by atoms with E-state index in [1.54, 1.807) is 26.8 Å². The topological polar surface area (TPSA) is 77.2 Å². The lowest BCUT2D eigenvalue weighted by Crippen LogP contribution is -2.26. The highest BCUT2D eigenvalue weighted by Gasteiger charge is 2.20. The molecule has 0 aromatic carbocycles. The van der Waals surface area contributed by atoms with E-state index in [0.717, 1.165) is 0 Å². The largest absolute Gasteiger partial charge is 0.443 e. The fourth-order valence-corrected chi connectivity index (χ4v) is 1.89. The first-order chi connectivity index (χ1) is 9.78. The summed E-state index contributed by atoms with van der Waals surface area (Å²) in [6.07, 6.45) is 4.21. The van der Waals surface area contributed by atoms with Crippen molar-refractivity contribution in [3.05, 3.63) is 47.3 Å². The molecule has 6 nitrogen and oxygen atoms in total. The van der Waals surface area contributed by atoms with E-state index in [1.807, 2.05) is 0 Å². The molecule has 0 aliphatic carbocycles. The summed E-state index contributed by atoms with van der Waals surface area (Å²) >= 11 is 5.92. The summed E-state index contributed by atoms with van der Waals surface area (Å²) in [5, 5.41) is 10.4. The fraction of sp³-hybridized carbons (Fsp3) is 0.357. The number of aromatic nitrogens is 3. The van der Waals surface area contributed by atoms with Gasteiger partial charge in [-0.1, -0.05) is 11.6 Å². The number of carbonyl (C=O) groups excluding carboxylic acids is 1. The summed E-state index contributed by atoms with van der Waals surface area (Å²) < 4.78 is 6.50. The molecular weight excluding hydrogens is 294 g/mol. The van der Waals surface area contributed by atoms with E-state index in [-0.39, 0.29) is 5.15 Å². The Hall–Kier alpha value is -1.92. The average molecular weight is 310 g/mol. The Bertz CT molecular complexity index is 649. The van der Waals surface area contributed by atoms with Crippen molar-refractivity contribution in [3.63, 3.8) is 0 Å². The van der Waals surface area contributed by atoms with Crippen LogP contribution >= 0.6 is 11.6 Å². The third-order valence-corrected chi connectivity index (χ3v) is 2.94. The number of aliphatic hydroxyl groups is 1. The van der Waals surface area contributed by atoms with Crippen LogP contribution in [0.3, 0.4) is 0 Å². The number of nitrogens with zero attached hydrogens (tertiary/aromatic N) is 3. The number of carbonyl (C=O) groups is 1. The van der Waals surface area contributed by atoms with Crippen LogP contribution in [0.25, 0.3) is 0 Å². The zero-order valence-electron chi connectivity index (χ0n) is 11.9. The van der Waals surface area contributed by atoms with Crippen molar-refractivity contribution in [1.29, 1.82) is 0 Å². The lowest BCUT2D eigenvalue weighted by atomic mass is 10.1. The van der Waals surface area contributed by atoms with Crippen LogP contribution in [0.5, 0.6) is 0 Å². The molecule has 1 atom stereocenters. The summed E-state index contributed by atoms with van der Waals surface area (Å²) in [6.45, 7) is 5.35. The summed E-state index contributed by atoms with van der Waals surface area (Å²) in [5.41, 5.74) is 0.287. The summed E-state index contributed by atoms with van der Waals surface area (Å²) in [4.78, 5) is 19.5. The number of halogens is 1. The predicted molar refractivity (Wildman–Crippen MR) is 77.2 cm³/mol. The van der Waals surface area contributed by atoms with E-state index in [0.29, 0.717) is 11.1 Å². The average Bonchev–Trinajstić information content (AvgIpc) is 2.86. The molecule has 1 unspecified atom stereocenters. The van der Waals surface area contributed by atoms with Crippen molar-refractivity contribution in [1.82, 2.24) is 14.5 Å². The van der Waals surface area contributed by atoms with Crippen LogP contribution < -0.4 is 0 Å². The number of aliphatic hydroxyl groups excluding tert-OH is 1. The smallest absolute Gasteiger partial charge is 0.418 e. The van der Waals surface area contributed by atoms with Crippen LogP contribution in [0.4, 0.5) is 4.79 Å². The predicted octanol–water partition coefficient (Wildman–Crippen LogP) is 2.80. The van der Waals surface area contributed by atoms with Crippen molar-refractivity contribution < 1.29 is 14.6 Å². The van der Waals surface area contributed by atoms with Gasteiger partial charge in [-0.2, -0.15) is 0 Å². The molecule has 0 spiro atoms. The molecule has 112 valence electrons. The molecule has 21 heavy (non-hydrogen) atoms. The third kappa shape index (κ3) is 3.80. The van der Waals surface area contributed by atoms with Crippen molar-refractivity contribution in [2.24, 2.45) is 0 Å². The second-order valence-corrected chi connectivity index (χ2v) is 5.86. The molecule has 0 bridgehead atoms. The molecule has 0 amide bonds. The van der Waals surface area contributed by atoms with E-state index in [2.05, 4.69) is 9.97 Å². The van der Waals surface area contributed by atoms with Crippen LogP contribution in [0, 0.1) is 0 Å². The molecule has 2 aromatic heterocycles. The summed E-state index contributed by atoms with van der Waals surface area (Å²) in [5.74, 6) is 0. The van der Waals surface area contributed by atoms with Crippen LogP contribution in [-0.4, -0.2) is 31.3 Å². The van der Waals surface area contributed by atoms with Gasteiger partial charge in [0, 0.05) is 29.7 Å². The second kappa shape index (κ2) is 5.83. The zero-order chi connectivity index (χ0) is 15.6. The second-order valence-electron chi connectivity index (χ2n) is 5.50. The minimum Gasteiger partial charge on any atom is -0.443 e. The summed E-state index contributed by atoms with van der Waals surface area (Å²) in [7, 11) is 0. The number of rotatable bonds is 2. The van der Waals surface area contributed by atoms with Gasteiger partial charge in [-0.05, 0) is 26.8 Å². The minimum atomic E-state index is -1.01. The molecule has 0 radical (unpaired) electrons. The van der Waals surface area contributed by atoms with Crippen molar-refractivity contribution in [2.45, 2.75) is 32.5 Å². The Balaban J connectivity index is 2.20. The van der Waals surface area contributed by atoms with E-state index >= 15 is 0 Å².